The van der Waals surface area contributed by atoms with Gasteiger partial charge in [-0.1, -0.05) is 12.1 Å². The first-order valence-electron chi connectivity index (χ1n) is 22.8. The largest absolute Gasteiger partial charge is 0.382 e. The molecule has 3 aromatic heterocycles. The summed E-state index contributed by atoms with van der Waals surface area (Å²) < 4.78 is 24.2. The number of aromatic nitrogens is 5. The molecule has 6 heterocycles. The maximum absolute atomic E-state index is 13.9. The molecule has 3 aliphatic heterocycles. The van der Waals surface area contributed by atoms with Gasteiger partial charge in [-0.15, -0.1) is 10.2 Å². The molecule has 7 rings (SSSR count). The average Bonchev–Trinajstić information content (AvgIpc) is 4.02. The minimum Gasteiger partial charge on any atom is -0.382 e. The maximum atomic E-state index is 13.9. The van der Waals surface area contributed by atoms with E-state index >= 15 is 0 Å². The van der Waals surface area contributed by atoms with Crippen molar-refractivity contribution >= 4 is 52.8 Å². The van der Waals surface area contributed by atoms with Crippen LogP contribution in [0.5, 0.6) is 0 Å². The molecule has 1 fully saturated rings. The van der Waals surface area contributed by atoms with E-state index in [-0.39, 0.29) is 61.5 Å². The number of anilines is 3. The molecule has 0 saturated carbocycles. The third-order valence-corrected chi connectivity index (χ3v) is 11.6. The fraction of sp³-hybridized carbons (Fsp3) is 0.478. The zero-order chi connectivity index (χ0) is 48.2. The van der Waals surface area contributed by atoms with Gasteiger partial charge in [-0.3, -0.25) is 43.9 Å². The van der Waals surface area contributed by atoms with Crippen LogP contribution in [-0.2, 0) is 53.0 Å². The maximum Gasteiger partial charge on any atom is 0.264 e. The Morgan fingerprint density at radius 2 is 1.57 bits per heavy atom. The van der Waals surface area contributed by atoms with E-state index in [4.69, 9.17) is 28.9 Å². The Labute approximate surface area is 393 Å². The number of fused-ring (bicyclic) bond motifs is 2. The van der Waals surface area contributed by atoms with Gasteiger partial charge < -0.3 is 44.4 Å². The van der Waals surface area contributed by atoms with Gasteiger partial charge in [0.2, 0.25) is 17.7 Å². The summed E-state index contributed by atoms with van der Waals surface area (Å²) in [6.07, 6.45) is 1.79. The molecule has 6 amide bonds. The number of nitrogens with zero attached hydrogens (tertiary/aromatic N) is 8. The summed E-state index contributed by atoms with van der Waals surface area (Å²) in [5, 5.41) is 19.6. The van der Waals surface area contributed by atoms with Crippen LogP contribution in [0.1, 0.15) is 75.9 Å². The number of imide groups is 2. The molecule has 1 aromatic carbocycles. The monoisotopic (exact) mass is 938 g/mol. The zero-order valence-corrected chi connectivity index (χ0v) is 38.7. The summed E-state index contributed by atoms with van der Waals surface area (Å²) in [4.78, 5) is 91.0. The summed E-state index contributed by atoms with van der Waals surface area (Å²) in [6.45, 7) is 10.8. The minimum atomic E-state index is -1.03. The molecule has 4 N–H and O–H groups in total. The van der Waals surface area contributed by atoms with E-state index in [0.29, 0.717) is 113 Å². The van der Waals surface area contributed by atoms with Crippen molar-refractivity contribution in [2.45, 2.75) is 65.3 Å². The van der Waals surface area contributed by atoms with Crippen molar-refractivity contribution in [1.82, 2.24) is 45.6 Å². The molecule has 0 aliphatic carbocycles. The second-order valence-corrected chi connectivity index (χ2v) is 16.4. The zero-order valence-electron chi connectivity index (χ0n) is 38.7. The quantitative estimate of drug-likeness (QED) is 0.0515. The number of benzene rings is 1. The molecule has 68 heavy (non-hydrogen) atoms. The van der Waals surface area contributed by atoms with Gasteiger partial charge in [-0.2, -0.15) is 0 Å². The van der Waals surface area contributed by atoms with Gasteiger partial charge in [0.05, 0.1) is 88.3 Å². The Bertz CT molecular complexity index is 2480. The molecule has 22 nitrogen and oxygen atoms in total. The molecular weight excluding hydrogens is 881 g/mol. The standard InChI is InChI=1S/C46H58N12O10/c1-5-56-28-50-54-42(56)34-10-7-11-37(51-34)57-27-32-31(44(57)62)24-38(55(4)29(2)3)52-35(32)25-47-26-40(60)49-15-17-66-19-21-68-23-22-67-20-18-65-16-14-48-33-9-6-8-30-41(33)46(64)58(45(30)63)36-12-13-39(59)53-43(36)61/h6-11,24,28-29,36,47-48H,5,12-23,25-27H2,1-4H3,(H,49,60)(H,53,59,61). The Kier molecular flexibility index (Phi) is 16.9. The van der Waals surface area contributed by atoms with Gasteiger partial charge in [0.15, 0.2) is 5.82 Å². The highest BCUT2D eigenvalue weighted by Crippen LogP contribution is 2.34. The van der Waals surface area contributed by atoms with Gasteiger partial charge in [0.1, 0.15) is 29.7 Å². The third-order valence-electron chi connectivity index (χ3n) is 11.6. The molecule has 22 heteroatoms. The van der Waals surface area contributed by atoms with E-state index in [1.165, 1.54) is 0 Å². The van der Waals surface area contributed by atoms with E-state index in [1.807, 2.05) is 55.5 Å². The first-order chi connectivity index (χ1) is 33.0. The molecule has 1 saturated heterocycles. The predicted octanol–water partition coefficient (Wildman–Crippen LogP) is 1.55. The number of pyridine rings is 2. The number of ether oxygens (including phenoxy) is 4. The van der Waals surface area contributed by atoms with E-state index in [9.17, 15) is 28.8 Å². The van der Waals surface area contributed by atoms with Gasteiger partial charge in [-0.25, -0.2) is 9.97 Å². The molecule has 4 aromatic rings. The summed E-state index contributed by atoms with van der Waals surface area (Å²) in [7, 11) is 1.93. The molecule has 362 valence electrons. The van der Waals surface area contributed by atoms with Crippen molar-refractivity contribution in [3.8, 4) is 11.5 Å². The molecule has 3 aliphatic rings. The number of hydrogen-bond donors (Lipinski definition) is 4. The number of amides is 6. The smallest absolute Gasteiger partial charge is 0.264 e. The van der Waals surface area contributed by atoms with Gasteiger partial charge in [0.25, 0.3) is 17.7 Å². The van der Waals surface area contributed by atoms with E-state index in [0.717, 1.165) is 10.5 Å². The molecule has 0 radical (unpaired) electrons. The van der Waals surface area contributed by atoms with Crippen molar-refractivity contribution in [3.05, 3.63) is 76.7 Å². The summed E-state index contributed by atoms with van der Waals surface area (Å²) in [5.41, 5.74) is 3.48. The highest BCUT2D eigenvalue weighted by molar-refractivity contribution is 6.25. The van der Waals surface area contributed by atoms with Crippen LogP contribution < -0.4 is 31.1 Å². The second-order valence-electron chi connectivity index (χ2n) is 16.4. The SMILES string of the molecule is CCn1cnnc1-c1cccc(N2Cc3c(cc(N(C)C(C)C)nc3CNCC(=O)NCCOCCOCCOCCOCCNc3cccc4c3C(=O)N(C3CCC(=O)NC3=O)C4=O)C2=O)n1. The topological polar surface area (TPSA) is 254 Å². The number of nitrogens with one attached hydrogen (secondary N) is 4. The number of rotatable bonds is 26. The number of aryl methyl sites for hydroxylation is 1. The second kappa shape index (κ2) is 23.3. The van der Waals surface area contributed by atoms with Gasteiger partial charge in [-0.05, 0) is 57.5 Å². The van der Waals surface area contributed by atoms with Gasteiger partial charge in [0, 0.05) is 56.9 Å². The molecule has 1 atom stereocenters. The minimum absolute atomic E-state index is 0.0421. The molecule has 0 bridgehead atoms. The lowest BCUT2D eigenvalue weighted by molar-refractivity contribution is -0.136. The van der Waals surface area contributed by atoms with Crippen LogP contribution in [0.2, 0.25) is 0 Å². The van der Waals surface area contributed by atoms with Crippen molar-refractivity contribution in [2.24, 2.45) is 0 Å². The summed E-state index contributed by atoms with van der Waals surface area (Å²) >= 11 is 0. The first-order valence-corrected chi connectivity index (χ1v) is 22.8. The molecule has 0 spiro atoms. The van der Waals surface area contributed by atoms with Crippen molar-refractivity contribution in [2.75, 3.05) is 94.7 Å². The van der Waals surface area contributed by atoms with Crippen LogP contribution in [0.15, 0.2) is 48.8 Å². The number of piperidine rings is 1. The van der Waals surface area contributed by atoms with Crippen molar-refractivity contribution in [1.29, 1.82) is 0 Å². The van der Waals surface area contributed by atoms with E-state index < -0.39 is 29.7 Å². The van der Waals surface area contributed by atoms with E-state index in [2.05, 4.69) is 31.5 Å². The number of carbonyl (C=O) groups excluding carboxylic acids is 6. The lowest BCUT2D eigenvalue weighted by atomic mass is 10.0. The van der Waals surface area contributed by atoms with Crippen LogP contribution in [-0.4, -0.2) is 157 Å². The fourth-order valence-corrected chi connectivity index (χ4v) is 7.81. The number of carbonyl (C=O) groups is 6. The highest BCUT2D eigenvalue weighted by atomic mass is 16.6. The van der Waals surface area contributed by atoms with Gasteiger partial charge >= 0.3 is 0 Å². The highest BCUT2D eigenvalue weighted by Gasteiger charge is 2.45. The van der Waals surface area contributed by atoms with Crippen LogP contribution in [0.4, 0.5) is 17.3 Å². The Morgan fingerprint density at radius 3 is 2.28 bits per heavy atom. The third kappa shape index (κ3) is 11.7. The lowest BCUT2D eigenvalue weighted by Crippen LogP contribution is -2.54. The average molecular weight is 939 g/mol. The van der Waals surface area contributed by atoms with Crippen LogP contribution >= 0.6 is 0 Å². The molecule has 1 unspecified atom stereocenters. The Morgan fingerprint density at radius 1 is 0.868 bits per heavy atom. The van der Waals surface area contributed by atoms with Crippen molar-refractivity contribution in [3.63, 3.8) is 0 Å². The normalized spacial score (nSPS) is 15.6. The van der Waals surface area contributed by atoms with Crippen LogP contribution in [0.25, 0.3) is 11.5 Å². The van der Waals surface area contributed by atoms with Crippen LogP contribution in [0.3, 0.4) is 0 Å². The number of hydrogen-bond acceptors (Lipinski definition) is 17. The summed E-state index contributed by atoms with van der Waals surface area (Å²) in [6, 6.07) is 11.3. The van der Waals surface area contributed by atoms with Crippen molar-refractivity contribution < 1.29 is 47.7 Å². The lowest BCUT2D eigenvalue weighted by Gasteiger charge is -2.27. The molecular formula is C46H58N12O10. The Balaban J connectivity index is 0.733. The van der Waals surface area contributed by atoms with Crippen LogP contribution in [0, 0.1) is 0 Å². The first kappa shape index (κ1) is 49.2. The fourth-order valence-electron chi connectivity index (χ4n) is 7.81. The predicted molar refractivity (Wildman–Crippen MR) is 247 cm³/mol. The summed E-state index contributed by atoms with van der Waals surface area (Å²) in [5.74, 6) is -0.829. The Hall–Kier alpha value is -6.72. The van der Waals surface area contributed by atoms with E-state index in [1.54, 1.807) is 35.5 Å².